The van der Waals surface area contributed by atoms with Gasteiger partial charge in [-0.05, 0) is 58.1 Å². The highest BCUT2D eigenvalue weighted by molar-refractivity contribution is 5.96. The van der Waals surface area contributed by atoms with Crippen LogP contribution >= 0.6 is 0 Å². The zero-order valence-corrected chi connectivity index (χ0v) is 13.1. The van der Waals surface area contributed by atoms with Crippen molar-refractivity contribution in [1.82, 2.24) is 20.4 Å². The number of hydrogen-bond donors (Lipinski definition) is 2. The van der Waals surface area contributed by atoms with Crippen LogP contribution in [0.1, 0.15) is 28.2 Å². The van der Waals surface area contributed by atoms with Crippen LogP contribution in [0.25, 0.3) is 5.69 Å². The number of carbonyl (C=O) groups is 1. The van der Waals surface area contributed by atoms with Crippen LogP contribution in [0.2, 0.25) is 0 Å². The second-order valence-electron chi connectivity index (χ2n) is 5.15. The quantitative estimate of drug-likeness (QED) is 0.802. The highest BCUT2D eigenvalue weighted by atomic mass is 19.1. The Morgan fingerprint density at radius 2 is 1.91 bits per heavy atom. The van der Waals surface area contributed by atoms with Crippen molar-refractivity contribution >= 4 is 5.91 Å². The molecule has 0 saturated heterocycles. The van der Waals surface area contributed by atoms with Gasteiger partial charge in [0.1, 0.15) is 5.82 Å². The second-order valence-corrected chi connectivity index (χ2v) is 5.15. The molecule has 1 amide bonds. The van der Waals surface area contributed by atoms with Crippen LogP contribution in [0, 0.1) is 19.7 Å². The zero-order chi connectivity index (χ0) is 16.1. The Morgan fingerprint density at radius 3 is 2.55 bits per heavy atom. The molecule has 0 aliphatic rings. The molecule has 0 spiro atoms. The van der Waals surface area contributed by atoms with Crippen LogP contribution in [-0.2, 0) is 0 Å². The lowest BCUT2D eigenvalue weighted by molar-refractivity contribution is 0.0952. The third-order valence-electron chi connectivity index (χ3n) is 3.48. The monoisotopic (exact) mass is 304 g/mol. The van der Waals surface area contributed by atoms with Crippen molar-refractivity contribution in [3.8, 4) is 5.69 Å². The molecule has 0 saturated carbocycles. The number of hydrogen-bond acceptors (Lipinski definition) is 3. The van der Waals surface area contributed by atoms with Crippen LogP contribution in [0.5, 0.6) is 0 Å². The number of rotatable bonds is 6. The van der Waals surface area contributed by atoms with Crippen molar-refractivity contribution in [2.24, 2.45) is 0 Å². The van der Waals surface area contributed by atoms with Gasteiger partial charge in [-0.2, -0.15) is 5.10 Å². The van der Waals surface area contributed by atoms with Gasteiger partial charge >= 0.3 is 0 Å². The number of aryl methyl sites for hydroxylation is 1. The van der Waals surface area contributed by atoms with Crippen LogP contribution in [0.4, 0.5) is 4.39 Å². The smallest absolute Gasteiger partial charge is 0.255 e. The summed E-state index contributed by atoms with van der Waals surface area (Å²) < 4.78 is 14.7. The zero-order valence-electron chi connectivity index (χ0n) is 13.1. The minimum atomic E-state index is -0.298. The summed E-state index contributed by atoms with van der Waals surface area (Å²) in [6.45, 7) is 5.11. The molecular formula is C16H21FN4O. The lowest BCUT2D eigenvalue weighted by atomic mass is 10.2. The van der Waals surface area contributed by atoms with Gasteiger partial charge in [0.15, 0.2) is 0 Å². The maximum absolute atomic E-state index is 13.0. The molecule has 0 unspecified atom stereocenters. The Kier molecular flexibility index (Phi) is 5.27. The van der Waals surface area contributed by atoms with Gasteiger partial charge in [-0.15, -0.1) is 0 Å². The number of halogens is 1. The average molecular weight is 304 g/mol. The molecule has 6 heteroatoms. The first-order valence-electron chi connectivity index (χ1n) is 7.29. The summed E-state index contributed by atoms with van der Waals surface area (Å²) in [7, 11) is 1.88. The van der Waals surface area contributed by atoms with Crippen molar-refractivity contribution in [1.29, 1.82) is 0 Å². The maximum atomic E-state index is 13.0. The third kappa shape index (κ3) is 3.51. The molecule has 0 atom stereocenters. The highest BCUT2D eigenvalue weighted by Gasteiger charge is 2.18. The second kappa shape index (κ2) is 7.17. The first kappa shape index (κ1) is 16.2. The van der Waals surface area contributed by atoms with E-state index in [-0.39, 0.29) is 11.7 Å². The summed E-state index contributed by atoms with van der Waals surface area (Å²) in [5.41, 5.74) is 2.72. The predicted octanol–water partition coefficient (Wildman–Crippen LogP) is 1.97. The van der Waals surface area contributed by atoms with Gasteiger partial charge in [-0.3, -0.25) is 4.79 Å². The highest BCUT2D eigenvalue weighted by Crippen LogP contribution is 2.18. The summed E-state index contributed by atoms with van der Waals surface area (Å²) in [5, 5.41) is 10.3. The fourth-order valence-corrected chi connectivity index (χ4v) is 2.36. The molecule has 0 aliphatic carbocycles. The van der Waals surface area contributed by atoms with Crippen molar-refractivity contribution in [3.05, 3.63) is 47.0 Å². The van der Waals surface area contributed by atoms with E-state index in [9.17, 15) is 9.18 Å². The number of nitrogens with zero attached hydrogens (tertiary/aromatic N) is 2. The van der Waals surface area contributed by atoms with Crippen molar-refractivity contribution in [2.45, 2.75) is 20.3 Å². The SMILES string of the molecule is CNCCCNC(=O)c1c(C)nn(-c2ccc(F)cc2)c1C. The molecule has 118 valence electrons. The first-order valence-corrected chi connectivity index (χ1v) is 7.29. The van der Waals surface area contributed by atoms with E-state index >= 15 is 0 Å². The van der Waals surface area contributed by atoms with E-state index in [4.69, 9.17) is 0 Å². The predicted molar refractivity (Wildman–Crippen MR) is 83.9 cm³/mol. The Hall–Kier alpha value is -2.21. The Bertz CT molecular complexity index is 649. The summed E-state index contributed by atoms with van der Waals surface area (Å²) in [5.74, 6) is -0.424. The van der Waals surface area contributed by atoms with E-state index in [1.165, 1.54) is 12.1 Å². The molecule has 2 aromatic rings. The average Bonchev–Trinajstić information content (AvgIpc) is 2.79. The van der Waals surface area contributed by atoms with E-state index in [2.05, 4.69) is 15.7 Å². The maximum Gasteiger partial charge on any atom is 0.255 e. The molecule has 5 nitrogen and oxygen atoms in total. The lowest BCUT2D eigenvalue weighted by Crippen LogP contribution is -2.27. The van der Waals surface area contributed by atoms with Gasteiger partial charge in [0.25, 0.3) is 5.91 Å². The van der Waals surface area contributed by atoms with Crippen LogP contribution < -0.4 is 10.6 Å². The van der Waals surface area contributed by atoms with Crippen molar-refractivity contribution < 1.29 is 9.18 Å². The number of nitrogens with one attached hydrogen (secondary N) is 2. The summed E-state index contributed by atoms with van der Waals surface area (Å²) >= 11 is 0. The van der Waals surface area contributed by atoms with E-state index in [0.717, 1.165) is 24.3 Å². The molecule has 1 aromatic carbocycles. The van der Waals surface area contributed by atoms with Gasteiger partial charge in [0, 0.05) is 6.54 Å². The molecule has 0 bridgehead atoms. The van der Waals surface area contributed by atoms with Crippen LogP contribution in [-0.4, -0.2) is 35.8 Å². The number of carbonyl (C=O) groups excluding carboxylic acids is 1. The fraction of sp³-hybridized carbons (Fsp3) is 0.375. The van der Waals surface area contributed by atoms with Gasteiger partial charge in [-0.1, -0.05) is 0 Å². The molecule has 22 heavy (non-hydrogen) atoms. The van der Waals surface area contributed by atoms with Crippen molar-refractivity contribution in [3.63, 3.8) is 0 Å². The number of benzene rings is 1. The molecular weight excluding hydrogens is 283 g/mol. The van der Waals surface area contributed by atoms with E-state index in [1.54, 1.807) is 23.7 Å². The molecule has 0 aliphatic heterocycles. The summed E-state index contributed by atoms with van der Waals surface area (Å²) in [6, 6.07) is 6.04. The molecule has 2 rings (SSSR count). The van der Waals surface area contributed by atoms with E-state index in [0.29, 0.717) is 17.8 Å². The van der Waals surface area contributed by atoms with Gasteiger partial charge < -0.3 is 10.6 Å². The Balaban J connectivity index is 2.20. The van der Waals surface area contributed by atoms with Crippen LogP contribution in [0.3, 0.4) is 0 Å². The molecule has 2 N–H and O–H groups in total. The number of amides is 1. The van der Waals surface area contributed by atoms with E-state index in [1.807, 2.05) is 14.0 Å². The minimum absolute atomic E-state index is 0.125. The Morgan fingerprint density at radius 1 is 1.23 bits per heavy atom. The van der Waals surface area contributed by atoms with Crippen molar-refractivity contribution in [2.75, 3.05) is 20.1 Å². The van der Waals surface area contributed by atoms with Crippen LogP contribution in [0.15, 0.2) is 24.3 Å². The molecule has 0 fully saturated rings. The van der Waals surface area contributed by atoms with Gasteiger partial charge in [-0.25, -0.2) is 9.07 Å². The van der Waals surface area contributed by atoms with E-state index < -0.39 is 0 Å². The lowest BCUT2D eigenvalue weighted by Gasteiger charge is -2.07. The first-order chi connectivity index (χ1) is 10.5. The van der Waals surface area contributed by atoms with Gasteiger partial charge in [0.05, 0.1) is 22.6 Å². The largest absolute Gasteiger partial charge is 0.352 e. The third-order valence-corrected chi connectivity index (χ3v) is 3.48. The minimum Gasteiger partial charge on any atom is -0.352 e. The normalized spacial score (nSPS) is 10.7. The topological polar surface area (TPSA) is 58.9 Å². The fourth-order valence-electron chi connectivity index (χ4n) is 2.36. The summed E-state index contributed by atoms with van der Waals surface area (Å²) in [4.78, 5) is 12.3. The number of aromatic nitrogens is 2. The summed E-state index contributed by atoms with van der Waals surface area (Å²) in [6.07, 6.45) is 0.867. The Labute approximate surface area is 129 Å². The standard InChI is InChI=1S/C16H21FN4O/c1-11-15(16(22)19-10-4-9-18-3)12(2)21(20-11)14-7-5-13(17)6-8-14/h5-8,18H,4,9-10H2,1-3H3,(H,19,22). The molecule has 0 radical (unpaired) electrons. The molecule has 1 aromatic heterocycles. The van der Waals surface area contributed by atoms with Gasteiger partial charge in [0.2, 0.25) is 0 Å². The molecule has 1 heterocycles.